The molecular formula is C25H22Cl2N2O2S. The summed E-state index contributed by atoms with van der Waals surface area (Å²) in [5.41, 5.74) is 3.19. The number of terminal acetylenes is 1. The standard InChI is InChI=1S/C25H22Cl2N2O2S/c1-4-11-31-18-9-10-22-20(12-18)23(17-7-5-16(6-8-17)15(2)3)28-25(30)29(22)14-19-13-21(26)24(27)32-19/h1,5-10,12,15,19H,11,13-14H2,2-3H3. The molecule has 2 heterocycles. The van der Waals surface area contributed by atoms with Crippen LogP contribution in [0.2, 0.25) is 0 Å². The van der Waals surface area contributed by atoms with Gasteiger partial charge < -0.3 is 4.74 Å². The van der Waals surface area contributed by atoms with Crippen molar-refractivity contribution in [2.24, 2.45) is 0 Å². The van der Waals surface area contributed by atoms with Gasteiger partial charge in [0, 0.05) is 27.8 Å². The van der Waals surface area contributed by atoms with Crippen LogP contribution in [0.5, 0.6) is 5.75 Å². The molecule has 1 atom stereocenters. The van der Waals surface area contributed by atoms with Gasteiger partial charge in [0.25, 0.3) is 0 Å². The van der Waals surface area contributed by atoms with Gasteiger partial charge in [-0.3, -0.25) is 4.57 Å². The zero-order valence-electron chi connectivity index (χ0n) is 17.8. The van der Waals surface area contributed by atoms with E-state index < -0.39 is 0 Å². The first-order valence-electron chi connectivity index (χ1n) is 10.3. The third-order valence-electron chi connectivity index (χ3n) is 5.40. The van der Waals surface area contributed by atoms with Gasteiger partial charge in [0.05, 0.1) is 15.6 Å². The summed E-state index contributed by atoms with van der Waals surface area (Å²) in [4.78, 5) is 17.6. The number of aromatic nitrogens is 2. The molecule has 7 heteroatoms. The molecule has 0 N–H and O–H groups in total. The molecule has 0 amide bonds. The SMILES string of the molecule is C#CCOc1ccc2c(c1)c(-c1ccc(C(C)C)cc1)nc(=O)n2CC1CC(Cl)=C(Cl)S1. The van der Waals surface area contributed by atoms with E-state index in [0.29, 0.717) is 39.7 Å². The molecule has 0 bridgehead atoms. The van der Waals surface area contributed by atoms with Gasteiger partial charge in [-0.05, 0) is 36.1 Å². The van der Waals surface area contributed by atoms with Crippen LogP contribution in [0.4, 0.5) is 0 Å². The fourth-order valence-electron chi connectivity index (χ4n) is 3.73. The lowest BCUT2D eigenvalue weighted by Crippen LogP contribution is -2.27. The van der Waals surface area contributed by atoms with Crippen molar-refractivity contribution in [3.8, 4) is 29.4 Å². The first kappa shape index (κ1) is 22.8. The number of fused-ring (bicyclic) bond motifs is 1. The quantitative estimate of drug-likeness (QED) is 0.382. The van der Waals surface area contributed by atoms with E-state index in [1.807, 2.05) is 30.3 Å². The molecule has 0 radical (unpaired) electrons. The van der Waals surface area contributed by atoms with E-state index in [-0.39, 0.29) is 17.5 Å². The van der Waals surface area contributed by atoms with Crippen LogP contribution in [-0.4, -0.2) is 21.4 Å². The summed E-state index contributed by atoms with van der Waals surface area (Å²) in [6.45, 7) is 4.91. The molecule has 0 aliphatic carbocycles. The highest BCUT2D eigenvalue weighted by Crippen LogP contribution is 2.42. The molecule has 1 aliphatic heterocycles. The van der Waals surface area contributed by atoms with Crippen LogP contribution in [0.3, 0.4) is 0 Å². The van der Waals surface area contributed by atoms with E-state index >= 15 is 0 Å². The minimum Gasteiger partial charge on any atom is -0.481 e. The Labute approximate surface area is 201 Å². The molecular weight excluding hydrogens is 463 g/mol. The Balaban J connectivity index is 1.82. The van der Waals surface area contributed by atoms with E-state index in [9.17, 15) is 4.79 Å². The van der Waals surface area contributed by atoms with Crippen LogP contribution >= 0.6 is 35.0 Å². The maximum absolute atomic E-state index is 13.1. The molecule has 1 aromatic heterocycles. The van der Waals surface area contributed by atoms with Gasteiger partial charge in [-0.15, -0.1) is 18.2 Å². The molecule has 1 aliphatic rings. The second-order valence-corrected chi connectivity index (χ2v) is 10.3. The van der Waals surface area contributed by atoms with Crippen molar-refractivity contribution in [3.05, 3.63) is 67.9 Å². The predicted molar refractivity (Wildman–Crippen MR) is 135 cm³/mol. The van der Waals surface area contributed by atoms with Gasteiger partial charge in [-0.1, -0.05) is 67.2 Å². The normalized spacial score (nSPS) is 16.1. The van der Waals surface area contributed by atoms with Gasteiger partial charge in [0.1, 0.15) is 12.4 Å². The van der Waals surface area contributed by atoms with Crippen molar-refractivity contribution < 1.29 is 4.74 Å². The molecule has 2 aromatic carbocycles. The lowest BCUT2D eigenvalue weighted by atomic mass is 9.99. The Bertz CT molecular complexity index is 1280. The second kappa shape index (κ2) is 9.62. The first-order chi connectivity index (χ1) is 15.4. The number of thioether (sulfide) groups is 1. The van der Waals surface area contributed by atoms with Gasteiger partial charge in [0.2, 0.25) is 0 Å². The molecule has 0 spiro atoms. The van der Waals surface area contributed by atoms with Gasteiger partial charge in [-0.25, -0.2) is 4.79 Å². The molecule has 0 saturated heterocycles. The highest BCUT2D eigenvalue weighted by Gasteiger charge is 2.25. The first-order valence-corrected chi connectivity index (χ1v) is 11.9. The van der Waals surface area contributed by atoms with Crippen molar-refractivity contribution in [2.75, 3.05) is 6.61 Å². The summed E-state index contributed by atoms with van der Waals surface area (Å²) in [7, 11) is 0. The summed E-state index contributed by atoms with van der Waals surface area (Å²) in [6.07, 6.45) is 5.97. The van der Waals surface area contributed by atoms with Crippen LogP contribution in [-0.2, 0) is 6.54 Å². The summed E-state index contributed by atoms with van der Waals surface area (Å²) >= 11 is 13.8. The van der Waals surface area contributed by atoms with Crippen LogP contribution in [0.1, 0.15) is 31.7 Å². The Morgan fingerprint density at radius 3 is 2.62 bits per heavy atom. The highest BCUT2D eigenvalue weighted by molar-refractivity contribution is 8.05. The molecule has 3 aromatic rings. The summed E-state index contributed by atoms with van der Waals surface area (Å²) in [5.74, 6) is 3.53. The third kappa shape index (κ3) is 4.68. The molecule has 32 heavy (non-hydrogen) atoms. The maximum atomic E-state index is 13.1. The fourth-order valence-corrected chi connectivity index (χ4v) is 5.58. The molecule has 1 unspecified atom stereocenters. The van der Waals surface area contributed by atoms with Crippen LogP contribution in [0.25, 0.3) is 22.2 Å². The minimum absolute atomic E-state index is 0.0752. The lowest BCUT2D eigenvalue weighted by Gasteiger charge is -2.17. The minimum atomic E-state index is -0.308. The van der Waals surface area contributed by atoms with E-state index in [1.54, 1.807) is 4.57 Å². The topological polar surface area (TPSA) is 44.1 Å². The number of benzene rings is 2. The van der Waals surface area contributed by atoms with Crippen LogP contribution in [0, 0.1) is 12.3 Å². The molecule has 164 valence electrons. The van der Waals surface area contributed by atoms with Crippen molar-refractivity contribution in [1.82, 2.24) is 9.55 Å². The number of hydrogen-bond donors (Lipinski definition) is 0. The van der Waals surface area contributed by atoms with Crippen molar-refractivity contribution in [3.63, 3.8) is 0 Å². The molecule has 0 fully saturated rings. The Hall–Kier alpha value is -2.39. The van der Waals surface area contributed by atoms with Gasteiger partial charge in [-0.2, -0.15) is 4.98 Å². The van der Waals surface area contributed by atoms with Crippen LogP contribution in [0.15, 0.2) is 56.7 Å². The fraction of sp³-hybridized carbons (Fsp3) is 0.280. The number of nitrogens with zero attached hydrogens (tertiary/aromatic N) is 2. The Morgan fingerprint density at radius 1 is 1.25 bits per heavy atom. The van der Waals surface area contributed by atoms with Crippen molar-refractivity contribution in [1.29, 1.82) is 0 Å². The lowest BCUT2D eigenvalue weighted by molar-refractivity contribution is 0.371. The smallest absolute Gasteiger partial charge is 0.348 e. The van der Waals surface area contributed by atoms with E-state index in [0.717, 1.165) is 16.5 Å². The van der Waals surface area contributed by atoms with E-state index in [2.05, 4.69) is 36.9 Å². The number of ether oxygens (including phenoxy) is 1. The van der Waals surface area contributed by atoms with Gasteiger partial charge in [0.15, 0.2) is 0 Å². The summed E-state index contributed by atoms with van der Waals surface area (Å²) in [6, 6.07) is 13.7. The van der Waals surface area contributed by atoms with E-state index in [1.165, 1.54) is 17.3 Å². The number of rotatable bonds is 6. The van der Waals surface area contributed by atoms with Crippen molar-refractivity contribution in [2.45, 2.75) is 38.0 Å². The summed E-state index contributed by atoms with van der Waals surface area (Å²) < 4.78 is 7.92. The average molecular weight is 485 g/mol. The monoisotopic (exact) mass is 484 g/mol. The predicted octanol–water partition coefficient (Wildman–Crippen LogP) is 6.35. The molecule has 4 nitrogen and oxygen atoms in total. The Kier molecular flexibility index (Phi) is 6.85. The molecule has 4 rings (SSSR count). The second-order valence-electron chi connectivity index (χ2n) is 7.92. The van der Waals surface area contributed by atoms with E-state index in [4.69, 9.17) is 34.4 Å². The van der Waals surface area contributed by atoms with Crippen LogP contribution < -0.4 is 10.4 Å². The third-order valence-corrected chi connectivity index (χ3v) is 7.55. The average Bonchev–Trinajstić information content (AvgIpc) is 3.10. The zero-order valence-corrected chi connectivity index (χ0v) is 20.1. The zero-order chi connectivity index (χ0) is 22.8. The van der Waals surface area contributed by atoms with Gasteiger partial charge >= 0.3 is 5.69 Å². The number of halogens is 2. The number of allylic oxidation sites excluding steroid dienone is 1. The maximum Gasteiger partial charge on any atom is 0.348 e. The van der Waals surface area contributed by atoms with Crippen molar-refractivity contribution >= 4 is 45.9 Å². The largest absolute Gasteiger partial charge is 0.481 e. The highest BCUT2D eigenvalue weighted by atomic mass is 35.5. The molecule has 0 saturated carbocycles. The Morgan fingerprint density at radius 2 is 2.00 bits per heavy atom. The summed E-state index contributed by atoms with van der Waals surface area (Å²) in [5, 5.41) is 1.54. The number of hydrogen-bond acceptors (Lipinski definition) is 4.